The summed E-state index contributed by atoms with van der Waals surface area (Å²) in [4.78, 5) is 11.3. The van der Waals surface area contributed by atoms with Crippen molar-refractivity contribution in [1.29, 1.82) is 0 Å². The molecule has 0 amide bonds. The van der Waals surface area contributed by atoms with Gasteiger partial charge >= 0.3 is 5.97 Å². The Morgan fingerprint density at radius 2 is 2.14 bits per heavy atom. The third-order valence-electron chi connectivity index (χ3n) is 3.44. The molecule has 0 aliphatic heterocycles. The molecule has 6 nitrogen and oxygen atoms in total. The molecule has 1 aromatic rings. The number of benzene rings is 1. The zero-order valence-corrected chi connectivity index (χ0v) is 13.8. The second-order valence-electron chi connectivity index (χ2n) is 4.87. The van der Waals surface area contributed by atoms with Gasteiger partial charge in [0.1, 0.15) is 16.2 Å². The Labute approximate surface area is 131 Å². The lowest BCUT2D eigenvalue weighted by Gasteiger charge is -2.37. The normalized spacial score (nSPS) is 17.0. The monoisotopic (exact) mass is 377 g/mol. The van der Waals surface area contributed by atoms with E-state index in [-0.39, 0.29) is 10.6 Å². The first-order valence-corrected chi connectivity index (χ1v) is 8.78. The number of nitrogens with one attached hydrogen (secondary N) is 1. The first kappa shape index (κ1) is 16.3. The minimum atomic E-state index is -3.98. The Morgan fingerprint density at radius 1 is 1.48 bits per heavy atom. The number of carboxylic acid groups (broad SMARTS) is 1. The molecule has 1 aliphatic rings. The highest BCUT2D eigenvalue weighted by atomic mass is 79.9. The zero-order valence-electron chi connectivity index (χ0n) is 11.4. The molecular formula is C13H16BrNO5S. The minimum absolute atomic E-state index is 0.0637. The largest absolute Gasteiger partial charge is 0.492 e. The number of ether oxygens (including phenoxy) is 1. The van der Waals surface area contributed by atoms with Crippen LogP contribution in [0.1, 0.15) is 26.2 Å². The van der Waals surface area contributed by atoms with Gasteiger partial charge in [-0.15, -0.1) is 0 Å². The molecule has 116 valence electrons. The molecule has 1 aromatic carbocycles. The second-order valence-corrected chi connectivity index (χ2v) is 7.44. The first-order chi connectivity index (χ1) is 9.81. The fraction of sp³-hybridized carbons (Fsp3) is 0.462. The highest BCUT2D eigenvalue weighted by Crippen LogP contribution is 2.35. The van der Waals surface area contributed by atoms with Crippen molar-refractivity contribution in [2.24, 2.45) is 0 Å². The summed E-state index contributed by atoms with van der Waals surface area (Å²) in [5, 5.41) is 9.25. The molecule has 0 saturated heterocycles. The van der Waals surface area contributed by atoms with Crippen LogP contribution in [0.15, 0.2) is 27.6 Å². The second kappa shape index (κ2) is 5.94. The lowest BCUT2D eigenvalue weighted by Crippen LogP contribution is -2.58. The Balaban J connectivity index is 2.39. The molecule has 0 unspecified atom stereocenters. The van der Waals surface area contributed by atoms with E-state index in [0.29, 0.717) is 30.3 Å². The molecule has 21 heavy (non-hydrogen) atoms. The maximum atomic E-state index is 12.5. The molecule has 2 N–H and O–H groups in total. The maximum absolute atomic E-state index is 12.5. The molecule has 1 saturated carbocycles. The number of rotatable bonds is 6. The molecule has 8 heteroatoms. The zero-order chi connectivity index (χ0) is 15.7. The Hall–Kier alpha value is -1.12. The van der Waals surface area contributed by atoms with Crippen molar-refractivity contribution >= 4 is 31.9 Å². The first-order valence-electron chi connectivity index (χ1n) is 6.50. The minimum Gasteiger partial charge on any atom is -0.492 e. The van der Waals surface area contributed by atoms with Gasteiger partial charge < -0.3 is 9.84 Å². The van der Waals surface area contributed by atoms with Gasteiger partial charge in [0.15, 0.2) is 0 Å². The number of aliphatic carboxylic acids is 1. The van der Waals surface area contributed by atoms with Crippen molar-refractivity contribution in [3.8, 4) is 5.75 Å². The molecule has 0 aromatic heterocycles. The van der Waals surface area contributed by atoms with E-state index in [1.165, 1.54) is 12.1 Å². The number of carboxylic acids is 1. The van der Waals surface area contributed by atoms with Gasteiger partial charge in [0.25, 0.3) is 0 Å². The Kier molecular flexibility index (Phi) is 4.60. The van der Waals surface area contributed by atoms with Crippen LogP contribution >= 0.6 is 15.9 Å². The molecule has 0 spiro atoms. The van der Waals surface area contributed by atoms with Gasteiger partial charge in [-0.1, -0.05) is 15.9 Å². The predicted octanol–water partition coefficient (Wildman–Crippen LogP) is 2.13. The summed E-state index contributed by atoms with van der Waals surface area (Å²) in [6.45, 7) is 2.06. The molecule has 0 bridgehead atoms. The van der Waals surface area contributed by atoms with Crippen LogP contribution in [0, 0.1) is 0 Å². The van der Waals surface area contributed by atoms with Gasteiger partial charge in [-0.05, 0) is 44.4 Å². The number of hydrogen-bond acceptors (Lipinski definition) is 4. The van der Waals surface area contributed by atoms with E-state index in [1.807, 2.05) is 0 Å². The lowest BCUT2D eigenvalue weighted by molar-refractivity contribution is -0.147. The van der Waals surface area contributed by atoms with Crippen LogP contribution in [0.25, 0.3) is 0 Å². The number of sulfonamides is 1. The molecule has 0 atom stereocenters. The van der Waals surface area contributed by atoms with E-state index >= 15 is 0 Å². The standard InChI is InChI=1S/C13H16BrNO5S/c1-2-20-10-5-4-9(14)8-11(10)21(18,19)15-13(12(16)17)6-3-7-13/h4-5,8,15H,2-3,6-7H2,1H3,(H,16,17). The van der Waals surface area contributed by atoms with Crippen molar-refractivity contribution in [2.75, 3.05) is 6.61 Å². The van der Waals surface area contributed by atoms with Crippen LogP contribution in [0.2, 0.25) is 0 Å². The Morgan fingerprint density at radius 3 is 2.62 bits per heavy atom. The van der Waals surface area contributed by atoms with Crippen molar-refractivity contribution in [3.63, 3.8) is 0 Å². The predicted molar refractivity (Wildman–Crippen MR) is 79.9 cm³/mol. The number of hydrogen-bond donors (Lipinski definition) is 2. The molecule has 0 heterocycles. The summed E-state index contributed by atoms with van der Waals surface area (Å²) in [7, 11) is -3.98. The van der Waals surface area contributed by atoms with E-state index in [0.717, 1.165) is 0 Å². The molecular weight excluding hydrogens is 362 g/mol. The third-order valence-corrected chi connectivity index (χ3v) is 5.49. The van der Waals surface area contributed by atoms with Crippen molar-refractivity contribution < 1.29 is 23.1 Å². The summed E-state index contributed by atoms with van der Waals surface area (Å²) >= 11 is 3.22. The summed E-state index contributed by atoms with van der Waals surface area (Å²) in [6, 6.07) is 4.61. The highest BCUT2D eigenvalue weighted by Gasteiger charge is 2.48. The van der Waals surface area contributed by atoms with E-state index in [2.05, 4.69) is 20.7 Å². The van der Waals surface area contributed by atoms with Crippen LogP contribution in [0.3, 0.4) is 0 Å². The summed E-state index contributed by atoms with van der Waals surface area (Å²) in [6.07, 6.45) is 1.27. The number of carbonyl (C=O) groups is 1. The Bertz CT molecular complexity index is 655. The van der Waals surface area contributed by atoms with E-state index in [9.17, 15) is 18.3 Å². The molecule has 2 rings (SSSR count). The highest BCUT2D eigenvalue weighted by molar-refractivity contribution is 9.10. The van der Waals surface area contributed by atoms with Gasteiger partial charge in [-0.3, -0.25) is 4.79 Å². The fourth-order valence-corrected chi connectivity index (χ4v) is 4.27. The smallest absolute Gasteiger partial charge is 0.324 e. The maximum Gasteiger partial charge on any atom is 0.324 e. The van der Waals surface area contributed by atoms with Crippen LogP contribution < -0.4 is 9.46 Å². The van der Waals surface area contributed by atoms with Gasteiger partial charge in [0.2, 0.25) is 10.0 Å². The van der Waals surface area contributed by atoms with Crippen LogP contribution in [-0.2, 0) is 14.8 Å². The topological polar surface area (TPSA) is 92.7 Å². The summed E-state index contributed by atoms with van der Waals surface area (Å²) in [5.74, 6) is -0.946. The SMILES string of the molecule is CCOc1ccc(Br)cc1S(=O)(=O)NC1(C(=O)O)CCC1. The number of halogens is 1. The molecule has 1 fully saturated rings. The summed E-state index contributed by atoms with van der Waals surface area (Å²) in [5.41, 5.74) is -1.40. The van der Waals surface area contributed by atoms with E-state index in [1.54, 1.807) is 13.0 Å². The average Bonchev–Trinajstić information content (AvgIpc) is 2.36. The van der Waals surface area contributed by atoms with E-state index in [4.69, 9.17) is 4.74 Å². The van der Waals surface area contributed by atoms with Gasteiger partial charge in [0, 0.05) is 4.47 Å². The average molecular weight is 378 g/mol. The van der Waals surface area contributed by atoms with Gasteiger partial charge in [-0.2, -0.15) is 4.72 Å². The van der Waals surface area contributed by atoms with Gasteiger partial charge in [-0.25, -0.2) is 8.42 Å². The van der Waals surface area contributed by atoms with Crippen molar-refractivity contribution in [3.05, 3.63) is 22.7 Å². The van der Waals surface area contributed by atoms with Crippen molar-refractivity contribution in [2.45, 2.75) is 36.6 Å². The molecule has 0 radical (unpaired) electrons. The lowest BCUT2D eigenvalue weighted by atomic mass is 9.78. The third kappa shape index (κ3) is 3.22. The quantitative estimate of drug-likeness (QED) is 0.791. The van der Waals surface area contributed by atoms with E-state index < -0.39 is 21.5 Å². The summed E-state index contributed by atoms with van der Waals surface area (Å²) < 4.78 is 33.2. The fourth-order valence-electron chi connectivity index (χ4n) is 2.17. The van der Waals surface area contributed by atoms with Crippen LogP contribution in [-0.4, -0.2) is 31.6 Å². The van der Waals surface area contributed by atoms with Gasteiger partial charge in [0.05, 0.1) is 6.61 Å². The van der Waals surface area contributed by atoms with Crippen LogP contribution in [0.4, 0.5) is 0 Å². The molecule has 1 aliphatic carbocycles. The van der Waals surface area contributed by atoms with Crippen molar-refractivity contribution in [1.82, 2.24) is 4.72 Å². The van der Waals surface area contributed by atoms with Crippen LogP contribution in [0.5, 0.6) is 5.75 Å².